The van der Waals surface area contributed by atoms with Crippen LogP contribution in [0.5, 0.6) is 0 Å². The Bertz CT molecular complexity index is 942. The first kappa shape index (κ1) is 33.6. The highest BCUT2D eigenvalue weighted by molar-refractivity contribution is 5.19. The van der Waals surface area contributed by atoms with E-state index >= 15 is 0 Å². The first-order chi connectivity index (χ1) is 16.2. The molecule has 0 aliphatic rings. The molecule has 36 heavy (non-hydrogen) atoms. The van der Waals surface area contributed by atoms with Crippen molar-refractivity contribution in [3.05, 3.63) is 52.9 Å². The number of rotatable bonds is 6. The summed E-state index contributed by atoms with van der Waals surface area (Å²) < 4.78 is 6.40. The molecule has 3 aromatic heterocycles. The van der Waals surface area contributed by atoms with Gasteiger partial charge in [-0.1, -0.05) is 54.2 Å². The third-order valence-corrected chi connectivity index (χ3v) is 5.88. The molecule has 0 atom stereocenters. The van der Waals surface area contributed by atoms with Gasteiger partial charge in [0.1, 0.15) is 0 Å². The lowest BCUT2D eigenvalue weighted by Gasteiger charge is -2.17. The standard InChI is InChI=1S/C11H19N.C10H18N2.C8H15N3.CH4/c1-8(2)11-7-6-10(5)12(11)9(3)4;1-7(2)10-6-9(5)11-12(10)8(3)4;1-6(2)8-5-11(7(3)4)10-9-8;/h6-9H,1-5H3;6-8H,1-5H3;5-7H,1-4H3;1H4. The summed E-state index contributed by atoms with van der Waals surface area (Å²) >= 11 is 0. The molecular formula is C30H56N6. The van der Waals surface area contributed by atoms with E-state index in [4.69, 9.17) is 0 Å². The summed E-state index contributed by atoms with van der Waals surface area (Å²) in [5, 5.41) is 12.5. The Hall–Kier alpha value is -2.37. The van der Waals surface area contributed by atoms with Crippen LogP contribution in [0.15, 0.2) is 24.4 Å². The molecule has 0 aliphatic carbocycles. The first-order valence-electron chi connectivity index (χ1n) is 13.3. The summed E-state index contributed by atoms with van der Waals surface area (Å²) in [4.78, 5) is 0. The lowest BCUT2D eigenvalue weighted by molar-refractivity contribution is 0.495. The molecule has 0 aliphatic heterocycles. The zero-order valence-electron chi connectivity index (χ0n) is 25.0. The van der Waals surface area contributed by atoms with Gasteiger partial charge in [0.05, 0.1) is 11.4 Å². The van der Waals surface area contributed by atoms with E-state index in [-0.39, 0.29) is 7.43 Å². The highest BCUT2D eigenvalue weighted by Gasteiger charge is 2.11. The fraction of sp³-hybridized carbons (Fsp3) is 0.700. The van der Waals surface area contributed by atoms with E-state index in [2.05, 4.69) is 133 Å². The van der Waals surface area contributed by atoms with Crippen LogP contribution in [0.25, 0.3) is 0 Å². The Morgan fingerprint density at radius 2 is 1.22 bits per heavy atom. The molecule has 0 fully saturated rings. The number of hydrogen-bond donors (Lipinski definition) is 0. The third kappa shape index (κ3) is 9.59. The quantitative estimate of drug-likeness (QED) is 0.339. The topological polar surface area (TPSA) is 53.5 Å². The molecule has 0 unspecified atom stereocenters. The van der Waals surface area contributed by atoms with Crippen LogP contribution >= 0.6 is 0 Å². The van der Waals surface area contributed by atoms with Gasteiger partial charge >= 0.3 is 0 Å². The van der Waals surface area contributed by atoms with Gasteiger partial charge in [0.15, 0.2) is 0 Å². The van der Waals surface area contributed by atoms with E-state index in [1.165, 1.54) is 17.1 Å². The van der Waals surface area contributed by atoms with Crippen LogP contribution in [-0.4, -0.2) is 29.3 Å². The van der Waals surface area contributed by atoms with Crippen LogP contribution in [0.3, 0.4) is 0 Å². The molecular weight excluding hydrogens is 444 g/mol. The largest absolute Gasteiger partial charge is 0.346 e. The molecule has 0 radical (unpaired) electrons. The van der Waals surface area contributed by atoms with Crippen LogP contribution in [0, 0.1) is 13.8 Å². The van der Waals surface area contributed by atoms with E-state index in [0.29, 0.717) is 35.9 Å². The van der Waals surface area contributed by atoms with Crippen LogP contribution < -0.4 is 0 Å². The average Bonchev–Trinajstić information content (AvgIpc) is 3.46. The predicted octanol–water partition coefficient (Wildman–Crippen LogP) is 9.02. The van der Waals surface area contributed by atoms with Crippen molar-refractivity contribution in [3.8, 4) is 0 Å². The Morgan fingerprint density at radius 3 is 1.53 bits per heavy atom. The van der Waals surface area contributed by atoms with Gasteiger partial charge in [-0.05, 0) is 91.3 Å². The molecule has 206 valence electrons. The molecule has 0 amide bonds. The Morgan fingerprint density at radius 1 is 0.667 bits per heavy atom. The highest BCUT2D eigenvalue weighted by Crippen LogP contribution is 2.22. The fourth-order valence-electron chi connectivity index (χ4n) is 3.94. The monoisotopic (exact) mass is 500 g/mol. The average molecular weight is 501 g/mol. The van der Waals surface area contributed by atoms with Gasteiger partial charge in [-0.15, -0.1) is 5.10 Å². The summed E-state index contributed by atoms with van der Waals surface area (Å²) in [7, 11) is 0. The predicted molar refractivity (Wildman–Crippen MR) is 156 cm³/mol. The van der Waals surface area contributed by atoms with E-state index in [9.17, 15) is 0 Å². The molecule has 0 N–H and O–H groups in total. The zero-order chi connectivity index (χ0) is 27.0. The van der Waals surface area contributed by atoms with Gasteiger partial charge in [-0.25, -0.2) is 4.68 Å². The summed E-state index contributed by atoms with van der Waals surface area (Å²) in [6.45, 7) is 30.3. The maximum absolute atomic E-state index is 4.45. The SMILES string of the molecule is C.CC(C)c1cn(C(C)C)nn1.Cc1cc(C(C)C)n(C(C)C)n1.Cc1ccc(C(C)C)n1C(C)C. The number of nitrogens with zero attached hydrogens (tertiary/aromatic N) is 6. The normalized spacial score (nSPS) is 11.2. The van der Waals surface area contributed by atoms with Crippen molar-refractivity contribution in [2.24, 2.45) is 0 Å². The van der Waals surface area contributed by atoms with Crippen LogP contribution in [0.2, 0.25) is 0 Å². The van der Waals surface area contributed by atoms with Gasteiger partial charge < -0.3 is 4.57 Å². The van der Waals surface area contributed by atoms with Crippen molar-refractivity contribution in [1.82, 2.24) is 29.3 Å². The van der Waals surface area contributed by atoms with Gasteiger partial charge in [-0.2, -0.15) is 5.10 Å². The van der Waals surface area contributed by atoms with Gasteiger partial charge in [0, 0.05) is 41.4 Å². The van der Waals surface area contributed by atoms with Crippen molar-refractivity contribution in [2.45, 2.75) is 140 Å². The fourth-order valence-corrected chi connectivity index (χ4v) is 3.94. The number of aryl methyl sites for hydroxylation is 2. The van der Waals surface area contributed by atoms with Crippen LogP contribution in [0.1, 0.15) is 155 Å². The molecule has 0 bridgehead atoms. The van der Waals surface area contributed by atoms with Gasteiger partial charge in [0.2, 0.25) is 0 Å². The minimum absolute atomic E-state index is 0. The molecule has 0 saturated carbocycles. The molecule has 3 aromatic rings. The molecule has 3 heterocycles. The zero-order valence-corrected chi connectivity index (χ0v) is 25.0. The summed E-state index contributed by atoms with van der Waals surface area (Å²) in [6, 6.07) is 8.07. The smallest absolute Gasteiger partial charge is 0.0852 e. The second-order valence-corrected chi connectivity index (χ2v) is 11.3. The molecule has 3 rings (SSSR count). The Labute approximate surface area is 222 Å². The third-order valence-electron chi connectivity index (χ3n) is 5.88. The van der Waals surface area contributed by atoms with Crippen molar-refractivity contribution in [2.75, 3.05) is 0 Å². The second kappa shape index (κ2) is 15.0. The van der Waals surface area contributed by atoms with Crippen LogP contribution in [-0.2, 0) is 0 Å². The Balaban J connectivity index is 0.000000504. The molecule has 6 nitrogen and oxygen atoms in total. The lowest BCUT2D eigenvalue weighted by atomic mass is 10.1. The number of hydrogen-bond acceptors (Lipinski definition) is 3. The molecule has 6 heteroatoms. The maximum atomic E-state index is 4.45. The first-order valence-corrected chi connectivity index (χ1v) is 13.3. The van der Waals surface area contributed by atoms with Gasteiger partial charge in [0.25, 0.3) is 0 Å². The highest BCUT2D eigenvalue weighted by atomic mass is 15.4. The van der Waals surface area contributed by atoms with Crippen molar-refractivity contribution >= 4 is 0 Å². The van der Waals surface area contributed by atoms with E-state index in [1.807, 2.05) is 17.8 Å². The van der Waals surface area contributed by atoms with E-state index < -0.39 is 0 Å². The molecule has 0 saturated heterocycles. The summed E-state index contributed by atoms with van der Waals surface area (Å²) in [5.74, 6) is 1.66. The van der Waals surface area contributed by atoms with Crippen LogP contribution in [0.4, 0.5) is 0 Å². The summed E-state index contributed by atoms with van der Waals surface area (Å²) in [6.07, 6.45) is 2.01. The van der Waals surface area contributed by atoms with Crippen molar-refractivity contribution in [1.29, 1.82) is 0 Å². The minimum Gasteiger partial charge on any atom is -0.346 e. The second-order valence-electron chi connectivity index (χ2n) is 11.3. The minimum atomic E-state index is 0. The van der Waals surface area contributed by atoms with Crippen molar-refractivity contribution < 1.29 is 0 Å². The van der Waals surface area contributed by atoms with Crippen molar-refractivity contribution in [3.63, 3.8) is 0 Å². The maximum Gasteiger partial charge on any atom is 0.0852 e. The summed E-state index contributed by atoms with van der Waals surface area (Å²) in [5.41, 5.74) is 6.34. The molecule has 0 spiro atoms. The van der Waals surface area contributed by atoms with E-state index in [1.54, 1.807) is 0 Å². The molecule has 0 aromatic carbocycles. The van der Waals surface area contributed by atoms with E-state index in [0.717, 1.165) is 11.4 Å². The van der Waals surface area contributed by atoms with Gasteiger partial charge in [-0.3, -0.25) is 4.68 Å². The Kier molecular flexibility index (Phi) is 14.0. The lowest BCUT2D eigenvalue weighted by Crippen LogP contribution is -2.08. The number of aromatic nitrogens is 6.